The zero-order chi connectivity index (χ0) is 12.4. The Morgan fingerprint density at radius 1 is 1.39 bits per heavy atom. The van der Waals surface area contributed by atoms with E-state index >= 15 is 0 Å². The lowest BCUT2D eigenvalue weighted by Crippen LogP contribution is -2.39. The second-order valence-electron chi connectivity index (χ2n) is 5.86. The van der Waals surface area contributed by atoms with Crippen molar-refractivity contribution < 1.29 is 8.42 Å². The molecule has 0 saturated heterocycles. The van der Waals surface area contributed by atoms with Crippen LogP contribution in [-0.2, 0) is 16.4 Å². The Morgan fingerprint density at radius 2 is 2.22 bits per heavy atom. The molecule has 4 rings (SSSR count). The van der Waals surface area contributed by atoms with Crippen molar-refractivity contribution in [2.24, 2.45) is 5.41 Å². The first-order valence-corrected chi connectivity index (χ1v) is 8.18. The van der Waals surface area contributed by atoms with Crippen molar-refractivity contribution in [2.45, 2.75) is 43.8 Å². The van der Waals surface area contributed by atoms with E-state index in [2.05, 4.69) is 10.2 Å². The first-order valence-electron chi connectivity index (χ1n) is 6.67. The molecule has 3 aliphatic rings. The molecule has 0 radical (unpaired) electrons. The minimum absolute atomic E-state index is 0.125. The smallest absolute Gasteiger partial charge is 0.238 e. The van der Waals surface area contributed by atoms with Crippen LogP contribution in [0.4, 0.5) is 5.69 Å². The number of H-pyrrole nitrogens is 1. The summed E-state index contributed by atoms with van der Waals surface area (Å²) >= 11 is 0. The third kappa shape index (κ3) is 1.27. The fraction of sp³-hybridized carbons (Fsp3) is 0.750. The predicted molar refractivity (Wildman–Crippen MR) is 67.9 cm³/mol. The molecule has 2 heterocycles. The molecule has 6 heteroatoms. The molecular weight excluding hydrogens is 250 g/mol. The number of aryl methyl sites for hydroxylation is 1. The molecule has 1 atom stereocenters. The van der Waals surface area contributed by atoms with Gasteiger partial charge in [-0.05, 0) is 37.5 Å². The predicted octanol–water partition coefficient (Wildman–Crippen LogP) is 1.43. The molecule has 1 unspecified atom stereocenters. The summed E-state index contributed by atoms with van der Waals surface area (Å²) in [5.41, 5.74) is 1.90. The number of hydrogen-bond donors (Lipinski definition) is 1. The first-order chi connectivity index (χ1) is 8.63. The standard InChI is InChI=1S/C12H17N3O2S/c16-18(17,11-7-12(11)4-2-5-12)15-6-1-3-9-10(15)8-13-14-9/h8,11H,1-7H2,(H,13,14). The van der Waals surface area contributed by atoms with Crippen molar-refractivity contribution in [2.75, 3.05) is 10.8 Å². The third-order valence-electron chi connectivity index (χ3n) is 4.88. The fourth-order valence-corrected chi connectivity index (χ4v) is 6.06. The first kappa shape index (κ1) is 10.8. The summed E-state index contributed by atoms with van der Waals surface area (Å²) in [7, 11) is -3.17. The van der Waals surface area contributed by atoms with Crippen LogP contribution in [0.1, 0.15) is 37.8 Å². The van der Waals surface area contributed by atoms with E-state index < -0.39 is 10.0 Å². The fourth-order valence-electron chi connectivity index (χ4n) is 3.53. The number of hydrogen-bond acceptors (Lipinski definition) is 3. The lowest BCUT2D eigenvalue weighted by molar-refractivity contribution is 0.289. The van der Waals surface area contributed by atoms with E-state index in [1.165, 1.54) is 6.42 Å². The number of rotatable bonds is 2. The van der Waals surface area contributed by atoms with E-state index in [-0.39, 0.29) is 10.7 Å². The minimum atomic E-state index is -3.17. The lowest BCUT2D eigenvalue weighted by atomic mass is 9.82. The van der Waals surface area contributed by atoms with Crippen molar-refractivity contribution in [3.63, 3.8) is 0 Å². The van der Waals surface area contributed by atoms with E-state index in [0.29, 0.717) is 6.54 Å². The van der Waals surface area contributed by atoms with Crippen molar-refractivity contribution in [3.05, 3.63) is 11.9 Å². The highest BCUT2D eigenvalue weighted by molar-refractivity contribution is 7.93. The van der Waals surface area contributed by atoms with E-state index in [9.17, 15) is 8.42 Å². The highest BCUT2D eigenvalue weighted by atomic mass is 32.2. The molecule has 0 amide bonds. The Labute approximate surface area is 107 Å². The minimum Gasteiger partial charge on any atom is -0.280 e. The molecule has 2 saturated carbocycles. The number of nitrogens with zero attached hydrogens (tertiary/aromatic N) is 2. The monoisotopic (exact) mass is 267 g/mol. The largest absolute Gasteiger partial charge is 0.280 e. The Bertz CT molecular complexity index is 588. The molecule has 1 aromatic rings. The van der Waals surface area contributed by atoms with Gasteiger partial charge in [-0.1, -0.05) is 6.42 Å². The molecule has 1 aliphatic heterocycles. The summed E-state index contributed by atoms with van der Waals surface area (Å²) in [6.07, 6.45) is 7.71. The summed E-state index contributed by atoms with van der Waals surface area (Å²) < 4.78 is 27.0. The van der Waals surface area contributed by atoms with E-state index in [0.717, 1.165) is 43.5 Å². The number of sulfonamides is 1. The van der Waals surface area contributed by atoms with Gasteiger partial charge >= 0.3 is 0 Å². The molecule has 2 aliphatic carbocycles. The van der Waals surface area contributed by atoms with Gasteiger partial charge in [-0.2, -0.15) is 5.10 Å². The van der Waals surface area contributed by atoms with Crippen LogP contribution in [0.5, 0.6) is 0 Å². The molecule has 98 valence electrons. The van der Waals surface area contributed by atoms with Gasteiger partial charge in [-0.25, -0.2) is 8.42 Å². The molecule has 2 fully saturated rings. The van der Waals surface area contributed by atoms with Crippen molar-refractivity contribution in [1.29, 1.82) is 0 Å². The maximum atomic E-state index is 12.7. The number of nitrogens with one attached hydrogen (secondary N) is 1. The number of fused-ring (bicyclic) bond motifs is 1. The summed E-state index contributed by atoms with van der Waals surface area (Å²) in [4.78, 5) is 0. The molecule has 0 bridgehead atoms. The summed E-state index contributed by atoms with van der Waals surface area (Å²) in [5.74, 6) is 0. The summed E-state index contributed by atoms with van der Waals surface area (Å²) in [5, 5.41) is 6.77. The van der Waals surface area contributed by atoms with Crippen LogP contribution in [0.15, 0.2) is 6.20 Å². The normalized spacial score (nSPS) is 28.9. The quantitative estimate of drug-likeness (QED) is 0.881. The summed E-state index contributed by atoms with van der Waals surface area (Å²) in [6, 6.07) is 0. The van der Waals surface area contributed by atoms with Crippen LogP contribution < -0.4 is 4.31 Å². The second kappa shape index (κ2) is 3.29. The maximum absolute atomic E-state index is 12.7. The van der Waals surface area contributed by atoms with Crippen LogP contribution in [-0.4, -0.2) is 30.4 Å². The molecule has 1 aromatic heterocycles. The molecule has 1 N–H and O–H groups in total. The Balaban J connectivity index is 1.68. The lowest BCUT2D eigenvalue weighted by Gasteiger charge is -2.31. The third-order valence-corrected chi connectivity index (χ3v) is 7.26. The zero-order valence-corrected chi connectivity index (χ0v) is 11.0. The van der Waals surface area contributed by atoms with E-state index in [1.807, 2.05) is 0 Å². The van der Waals surface area contributed by atoms with Gasteiger partial charge in [0.25, 0.3) is 0 Å². The molecular formula is C12H17N3O2S. The number of anilines is 1. The van der Waals surface area contributed by atoms with Crippen molar-refractivity contribution in [1.82, 2.24) is 10.2 Å². The highest BCUT2D eigenvalue weighted by Crippen LogP contribution is 2.64. The van der Waals surface area contributed by atoms with Crippen LogP contribution in [0.3, 0.4) is 0 Å². The second-order valence-corrected chi connectivity index (χ2v) is 7.90. The maximum Gasteiger partial charge on any atom is 0.238 e. The molecule has 1 spiro atoms. The van der Waals surface area contributed by atoms with E-state index in [4.69, 9.17) is 0 Å². The zero-order valence-electron chi connectivity index (χ0n) is 10.2. The average molecular weight is 267 g/mol. The van der Waals surface area contributed by atoms with Crippen LogP contribution in [0.25, 0.3) is 0 Å². The highest BCUT2D eigenvalue weighted by Gasteiger charge is 2.65. The van der Waals surface area contributed by atoms with Crippen molar-refractivity contribution in [3.8, 4) is 0 Å². The SMILES string of the molecule is O=S(=O)(C1CC12CCC2)N1CCCc2[nH]ncc21. The van der Waals surface area contributed by atoms with Gasteiger partial charge in [0.05, 0.1) is 22.8 Å². The van der Waals surface area contributed by atoms with Gasteiger partial charge in [-0.3, -0.25) is 9.40 Å². The number of aromatic amines is 1. The molecule has 0 aromatic carbocycles. The number of aromatic nitrogens is 2. The average Bonchev–Trinajstić information content (AvgIpc) is 2.93. The van der Waals surface area contributed by atoms with Gasteiger partial charge in [0.1, 0.15) is 0 Å². The molecule has 5 nitrogen and oxygen atoms in total. The molecule has 18 heavy (non-hydrogen) atoms. The van der Waals surface area contributed by atoms with Gasteiger partial charge in [0.15, 0.2) is 0 Å². The van der Waals surface area contributed by atoms with Crippen LogP contribution >= 0.6 is 0 Å². The Kier molecular flexibility index (Phi) is 1.98. The van der Waals surface area contributed by atoms with Crippen molar-refractivity contribution >= 4 is 15.7 Å². The van der Waals surface area contributed by atoms with Gasteiger partial charge in [0.2, 0.25) is 10.0 Å². The van der Waals surface area contributed by atoms with Gasteiger partial charge < -0.3 is 0 Å². The van der Waals surface area contributed by atoms with Gasteiger partial charge in [0, 0.05) is 6.54 Å². The Hall–Kier alpha value is -1.04. The van der Waals surface area contributed by atoms with Crippen LogP contribution in [0.2, 0.25) is 0 Å². The topological polar surface area (TPSA) is 66.1 Å². The van der Waals surface area contributed by atoms with Gasteiger partial charge in [-0.15, -0.1) is 0 Å². The summed E-state index contributed by atoms with van der Waals surface area (Å²) in [6.45, 7) is 0.613. The van der Waals surface area contributed by atoms with E-state index in [1.54, 1.807) is 10.5 Å². The Morgan fingerprint density at radius 3 is 2.89 bits per heavy atom. The van der Waals surface area contributed by atoms with Crippen LogP contribution in [0, 0.1) is 5.41 Å².